The third-order valence-electron chi connectivity index (χ3n) is 4.68. The molecule has 5 nitrogen and oxygen atoms in total. The predicted octanol–water partition coefficient (Wildman–Crippen LogP) is 5.10. The number of anilines is 1. The number of piperidine rings is 1. The number of hydrogen-bond acceptors (Lipinski definition) is 5. The summed E-state index contributed by atoms with van der Waals surface area (Å²) in [4.78, 5) is 11.7. The molecule has 0 bridgehead atoms. The van der Waals surface area contributed by atoms with Crippen LogP contribution in [0.5, 0.6) is 0 Å². The summed E-state index contributed by atoms with van der Waals surface area (Å²) in [6.45, 7) is 10.1. The van der Waals surface area contributed by atoms with E-state index < -0.39 is 0 Å². The van der Waals surface area contributed by atoms with Crippen LogP contribution in [0.3, 0.4) is 0 Å². The Morgan fingerprint density at radius 3 is 2.08 bits per heavy atom. The van der Waals surface area contributed by atoms with Crippen molar-refractivity contribution in [3.8, 4) is 0 Å². The molecule has 1 aromatic rings. The number of hydrogen-bond donors (Lipinski definition) is 2. The molecule has 0 amide bonds. The van der Waals surface area contributed by atoms with Crippen LogP contribution in [0, 0.1) is 5.92 Å². The molecule has 0 atom stereocenters. The zero-order valence-electron chi connectivity index (χ0n) is 15.8. The van der Waals surface area contributed by atoms with Gasteiger partial charge in [-0.05, 0) is 76.1 Å². The first-order valence-corrected chi connectivity index (χ1v) is 10.0. The maximum Gasteiger partial charge on any atom is 0.228 e. The lowest BCUT2D eigenvalue weighted by Gasteiger charge is -2.46. The first-order valence-electron chi connectivity index (χ1n) is 9.26. The van der Waals surface area contributed by atoms with E-state index in [1.165, 1.54) is 38.5 Å². The average Bonchev–Trinajstić information content (AvgIpc) is 2.41. The van der Waals surface area contributed by atoms with Crippen LogP contribution in [0.15, 0.2) is 0 Å². The lowest BCUT2D eigenvalue weighted by molar-refractivity contribution is 0.122. The summed E-state index contributed by atoms with van der Waals surface area (Å²) in [6, 6.07) is 0. The number of nitrogens with one attached hydrogen (secondary N) is 2. The van der Waals surface area contributed by atoms with Crippen molar-refractivity contribution in [3.05, 3.63) is 10.6 Å². The second kappa shape index (κ2) is 8.83. The molecule has 25 heavy (non-hydrogen) atoms. The molecule has 2 heterocycles. The van der Waals surface area contributed by atoms with Crippen molar-refractivity contribution in [2.75, 3.05) is 11.9 Å². The molecule has 0 unspecified atom stereocenters. The molecule has 1 aliphatic heterocycles. The van der Waals surface area contributed by atoms with E-state index in [-0.39, 0.29) is 21.6 Å². The summed E-state index contributed by atoms with van der Waals surface area (Å²) in [6.07, 6.45) is 8.76. The Morgan fingerprint density at radius 2 is 1.48 bits per heavy atom. The molecule has 1 saturated heterocycles. The molecule has 0 aromatic carbocycles. The van der Waals surface area contributed by atoms with E-state index >= 15 is 0 Å². The number of aromatic nitrogens is 3. The van der Waals surface area contributed by atoms with E-state index in [1.54, 1.807) is 0 Å². The van der Waals surface area contributed by atoms with Gasteiger partial charge < -0.3 is 10.6 Å². The molecule has 0 saturated carbocycles. The number of unbranched alkanes of at least 4 members (excludes halogenated alkanes) is 3. The maximum atomic E-state index is 5.75. The van der Waals surface area contributed by atoms with Crippen molar-refractivity contribution in [3.63, 3.8) is 0 Å². The molecule has 0 aliphatic carbocycles. The SMILES string of the molecule is CC1(C)CC(CCCCCCNc2nc(Cl)nc(Cl)n2)CC(C)(C)N1. The molecule has 2 N–H and O–H groups in total. The smallest absolute Gasteiger partial charge is 0.228 e. The fourth-order valence-corrected chi connectivity index (χ4v) is 4.62. The maximum absolute atomic E-state index is 5.75. The highest BCUT2D eigenvalue weighted by molar-refractivity contribution is 6.31. The standard InChI is InChI=1S/C18H31Cl2N5/c1-17(2)11-13(12-18(3,4)25-17)9-7-5-6-8-10-21-16-23-14(19)22-15(20)24-16/h13,25H,5-12H2,1-4H3,(H,21,22,23,24). The largest absolute Gasteiger partial charge is 0.354 e. The van der Waals surface area contributed by atoms with Gasteiger partial charge in [-0.2, -0.15) is 15.0 Å². The zero-order chi connectivity index (χ0) is 18.5. The van der Waals surface area contributed by atoms with Crippen LogP contribution in [0.2, 0.25) is 10.6 Å². The van der Waals surface area contributed by atoms with Crippen molar-refractivity contribution in [1.29, 1.82) is 0 Å². The van der Waals surface area contributed by atoms with Gasteiger partial charge in [-0.15, -0.1) is 0 Å². The van der Waals surface area contributed by atoms with Crippen molar-refractivity contribution in [2.24, 2.45) is 5.92 Å². The summed E-state index contributed by atoms with van der Waals surface area (Å²) in [7, 11) is 0. The number of halogens is 2. The van der Waals surface area contributed by atoms with Gasteiger partial charge in [0, 0.05) is 17.6 Å². The van der Waals surface area contributed by atoms with Gasteiger partial charge in [-0.25, -0.2) is 0 Å². The highest BCUT2D eigenvalue weighted by Crippen LogP contribution is 2.35. The molecule has 1 aliphatic rings. The third kappa shape index (κ3) is 7.63. The minimum absolute atomic E-state index is 0.121. The molecule has 142 valence electrons. The van der Waals surface area contributed by atoms with Gasteiger partial charge >= 0.3 is 0 Å². The molecule has 1 fully saturated rings. The first-order chi connectivity index (χ1) is 11.7. The van der Waals surface area contributed by atoms with Crippen LogP contribution in [0.4, 0.5) is 5.95 Å². The first kappa shape index (κ1) is 20.7. The van der Waals surface area contributed by atoms with Gasteiger partial charge in [0.1, 0.15) is 0 Å². The summed E-state index contributed by atoms with van der Waals surface area (Å²) in [5.41, 5.74) is 0.507. The second-order valence-electron chi connectivity index (χ2n) is 8.49. The second-order valence-corrected chi connectivity index (χ2v) is 9.17. The Balaban J connectivity index is 1.59. The number of rotatable bonds is 8. The van der Waals surface area contributed by atoms with Crippen LogP contribution in [-0.2, 0) is 0 Å². The van der Waals surface area contributed by atoms with Crippen molar-refractivity contribution in [1.82, 2.24) is 20.3 Å². The van der Waals surface area contributed by atoms with Crippen LogP contribution < -0.4 is 10.6 Å². The van der Waals surface area contributed by atoms with Gasteiger partial charge in [-0.3, -0.25) is 0 Å². The van der Waals surface area contributed by atoms with Crippen LogP contribution >= 0.6 is 23.2 Å². The lowest BCUT2D eigenvalue weighted by Crippen LogP contribution is -2.57. The fourth-order valence-electron chi connectivity index (χ4n) is 4.25. The monoisotopic (exact) mass is 387 g/mol. The van der Waals surface area contributed by atoms with Gasteiger partial charge in [0.15, 0.2) is 0 Å². The van der Waals surface area contributed by atoms with E-state index in [0.717, 1.165) is 18.9 Å². The minimum atomic E-state index is 0.121. The highest BCUT2D eigenvalue weighted by Gasteiger charge is 2.36. The average molecular weight is 388 g/mol. The van der Waals surface area contributed by atoms with Crippen LogP contribution in [0.25, 0.3) is 0 Å². The molecule has 2 rings (SSSR count). The van der Waals surface area contributed by atoms with Gasteiger partial charge in [-0.1, -0.05) is 25.7 Å². The van der Waals surface area contributed by atoms with E-state index in [0.29, 0.717) is 5.95 Å². The predicted molar refractivity (Wildman–Crippen MR) is 105 cm³/mol. The molecule has 0 spiro atoms. The fraction of sp³-hybridized carbons (Fsp3) is 0.833. The topological polar surface area (TPSA) is 62.7 Å². The summed E-state index contributed by atoms with van der Waals surface area (Å²) < 4.78 is 0. The van der Waals surface area contributed by atoms with E-state index in [1.807, 2.05) is 0 Å². The molecular weight excluding hydrogens is 357 g/mol. The van der Waals surface area contributed by atoms with Crippen LogP contribution in [-0.4, -0.2) is 32.6 Å². The van der Waals surface area contributed by atoms with Crippen molar-refractivity contribution < 1.29 is 0 Å². The Bertz CT molecular complexity index is 526. The van der Waals surface area contributed by atoms with Crippen molar-refractivity contribution >= 4 is 29.2 Å². The molecule has 0 radical (unpaired) electrons. The van der Waals surface area contributed by atoms with Crippen molar-refractivity contribution in [2.45, 2.75) is 83.7 Å². The summed E-state index contributed by atoms with van der Waals surface area (Å²) in [5, 5.41) is 7.15. The summed E-state index contributed by atoms with van der Waals surface area (Å²) >= 11 is 11.5. The molecular formula is C18H31Cl2N5. The van der Waals surface area contributed by atoms with Gasteiger partial charge in [0.05, 0.1) is 0 Å². The van der Waals surface area contributed by atoms with E-state index in [9.17, 15) is 0 Å². The Morgan fingerprint density at radius 1 is 0.920 bits per heavy atom. The number of nitrogens with zero attached hydrogens (tertiary/aromatic N) is 3. The molecule has 7 heteroatoms. The Kier molecular flexibility index (Phi) is 7.29. The minimum Gasteiger partial charge on any atom is -0.354 e. The Hall–Kier alpha value is -0.650. The van der Waals surface area contributed by atoms with E-state index in [4.69, 9.17) is 23.2 Å². The third-order valence-corrected chi connectivity index (χ3v) is 5.02. The quantitative estimate of drug-likeness (QED) is 0.607. The highest BCUT2D eigenvalue weighted by atomic mass is 35.5. The summed E-state index contributed by atoms with van der Waals surface area (Å²) in [5.74, 6) is 1.28. The lowest BCUT2D eigenvalue weighted by atomic mass is 9.74. The normalized spacial score (nSPS) is 19.8. The van der Waals surface area contributed by atoms with Crippen LogP contribution in [0.1, 0.15) is 72.6 Å². The van der Waals surface area contributed by atoms with Gasteiger partial charge in [0.2, 0.25) is 16.5 Å². The molecule has 1 aromatic heterocycles. The Labute approximate surface area is 161 Å². The zero-order valence-corrected chi connectivity index (χ0v) is 17.3. The van der Waals surface area contributed by atoms with Gasteiger partial charge in [0.25, 0.3) is 0 Å². The van der Waals surface area contributed by atoms with E-state index in [2.05, 4.69) is 53.3 Å².